The number of aromatic nitrogens is 2. The van der Waals surface area contributed by atoms with E-state index < -0.39 is 17.7 Å². The lowest BCUT2D eigenvalue weighted by molar-refractivity contribution is -0.0283. The second-order valence-corrected chi connectivity index (χ2v) is 6.05. The molecule has 0 radical (unpaired) electrons. The van der Waals surface area contributed by atoms with Crippen molar-refractivity contribution in [1.82, 2.24) is 14.9 Å². The lowest BCUT2D eigenvalue weighted by Crippen LogP contribution is -2.34. The maximum Gasteiger partial charge on any atom is 0.280 e. The first-order valence-electron chi connectivity index (χ1n) is 7.71. The second-order valence-electron chi connectivity index (χ2n) is 6.05. The first kappa shape index (κ1) is 15.1. The lowest BCUT2D eigenvalue weighted by atomic mass is 9.92. The summed E-state index contributed by atoms with van der Waals surface area (Å²) in [6, 6.07) is 9.02. The van der Waals surface area contributed by atoms with Crippen molar-refractivity contribution in [3.8, 4) is 0 Å². The molecule has 5 nitrogen and oxygen atoms in total. The van der Waals surface area contributed by atoms with Crippen molar-refractivity contribution >= 4 is 5.91 Å². The summed E-state index contributed by atoms with van der Waals surface area (Å²) in [6.07, 6.45) is -1.04. The highest BCUT2D eigenvalue weighted by Crippen LogP contribution is 2.43. The fourth-order valence-corrected chi connectivity index (χ4v) is 3.45. The fraction of sp³-hybridized carbons (Fsp3) is 0.353. The molecule has 1 amide bonds. The van der Waals surface area contributed by atoms with E-state index in [9.17, 15) is 13.6 Å². The van der Waals surface area contributed by atoms with E-state index in [1.165, 1.54) is 0 Å². The van der Waals surface area contributed by atoms with Gasteiger partial charge in [-0.15, -0.1) is 0 Å². The quantitative estimate of drug-likeness (QED) is 0.849. The van der Waals surface area contributed by atoms with Gasteiger partial charge in [-0.2, -0.15) is 0 Å². The normalized spacial score (nSPS) is 22.4. The van der Waals surface area contributed by atoms with Crippen LogP contribution in [0.15, 0.2) is 36.7 Å². The zero-order valence-corrected chi connectivity index (χ0v) is 12.8. The van der Waals surface area contributed by atoms with Crippen molar-refractivity contribution in [2.24, 2.45) is 0 Å². The number of carbonyl (C=O) groups excluding carboxylic acids is 1. The Morgan fingerprint density at radius 3 is 2.96 bits per heavy atom. The molecule has 3 heterocycles. The van der Waals surface area contributed by atoms with Crippen molar-refractivity contribution in [1.29, 1.82) is 0 Å². The maximum absolute atomic E-state index is 12.8. The number of benzene rings is 1. The van der Waals surface area contributed by atoms with E-state index in [0.29, 0.717) is 26.1 Å². The van der Waals surface area contributed by atoms with Crippen molar-refractivity contribution in [3.63, 3.8) is 0 Å². The van der Waals surface area contributed by atoms with Crippen LogP contribution in [-0.2, 0) is 16.9 Å². The van der Waals surface area contributed by atoms with Crippen LogP contribution in [0.5, 0.6) is 0 Å². The van der Waals surface area contributed by atoms with Gasteiger partial charge < -0.3 is 9.64 Å². The predicted octanol–water partition coefficient (Wildman–Crippen LogP) is 2.69. The SMILES string of the molecule is O=C(c1cc(C(F)F)ncn1)N1CCC2(C1)OCc1ccccc12. The highest BCUT2D eigenvalue weighted by molar-refractivity contribution is 5.92. The molecule has 1 fully saturated rings. The molecular formula is C17H15F2N3O2. The van der Waals surface area contributed by atoms with Crippen molar-refractivity contribution < 1.29 is 18.3 Å². The average molecular weight is 331 g/mol. The molecule has 0 saturated carbocycles. The summed E-state index contributed by atoms with van der Waals surface area (Å²) in [5.74, 6) is -0.371. The van der Waals surface area contributed by atoms with E-state index >= 15 is 0 Å². The largest absolute Gasteiger partial charge is 0.364 e. The van der Waals surface area contributed by atoms with Gasteiger partial charge in [0.1, 0.15) is 23.3 Å². The van der Waals surface area contributed by atoms with E-state index in [-0.39, 0.29) is 11.6 Å². The molecule has 2 aromatic rings. The third-order valence-electron chi connectivity index (χ3n) is 4.66. The molecule has 2 aliphatic heterocycles. The van der Waals surface area contributed by atoms with Gasteiger partial charge in [-0.3, -0.25) is 4.79 Å². The predicted molar refractivity (Wildman–Crippen MR) is 80.4 cm³/mol. The Balaban J connectivity index is 1.58. The maximum atomic E-state index is 12.8. The second kappa shape index (κ2) is 5.59. The molecule has 0 aliphatic carbocycles. The van der Waals surface area contributed by atoms with Gasteiger partial charge in [0.05, 0.1) is 13.2 Å². The van der Waals surface area contributed by atoms with Crippen molar-refractivity contribution in [2.75, 3.05) is 13.1 Å². The van der Waals surface area contributed by atoms with Crippen LogP contribution >= 0.6 is 0 Å². The number of amides is 1. The zero-order chi connectivity index (χ0) is 16.7. The molecule has 0 bridgehead atoms. The standard InChI is InChI=1S/C17H15F2N3O2/c18-15(19)13-7-14(21-10-20-13)16(23)22-6-5-17(9-22)12-4-2-1-3-11(12)8-24-17/h1-4,7,10,15H,5-6,8-9H2. The number of halogens is 2. The van der Waals surface area contributed by atoms with Crippen molar-refractivity contribution in [3.05, 3.63) is 59.2 Å². The number of carbonyl (C=O) groups is 1. The third kappa shape index (κ3) is 2.36. The Labute approximate surface area is 137 Å². The molecule has 1 spiro atoms. The lowest BCUT2D eigenvalue weighted by Gasteiger charge is -2.24. The summed E-state index contributed by atoms with van der Waals surface area (Å²) < 4.78 is 31.5. The number of fused-ring (bicyclic) bond motifs is 2. The van der Waals surface area contributed by atoms with Crippen LogP contribution in [0.4, 0.5) is 8.78 Å². The Morgan fingerprint density at radius 2 is 2.12 bits per heavy atom. The minimum atomic E-state index is -2.73. The molecule has 124 valence electrons. The third-order valence-corrected chi connectivity index (χ3v) is 4.66. The van der Waals surface area contributed by atoms with Gasteiger partial charge in [0, 0.05) is 6.54 Å². The number of ether oxygens (including phenoxy) is 1. The van der Waals surface area contributed by atoms with E-state index in [1.807, 2.05) is 24.3 Å². The molecule has 7 heteroatoms. The molecule has 1 saturated heterocycles. The number of hydrogen-bond donors (Lipinski definition) is 0. The minimum Gasteiger partial charge on any atom is -0.364 e. The zero-order valence-electron chi connectivity index (χ0n) is 12.8. The molecule has 1 unspecified atom stereocenters. The average Bonchev–Trinajstić information content (AvgIpc) is 3.20. The molecule has 1 aromatic carbocycles. The molecular weight excluding hydrogens is 316 g/mol. The Bertz CT molecular complexity index is 799. The first-order chi connectivity index (χ1) is 11.6. The minimum absolute atomic E-state index is 0.0105. The monoisotopic (exact) mass is 331 g/mol. The smallest absolute Gasteiger partial charge is 0.280 e. The highest BCUT2D eigenvalue weighted by atomic mass is 19.3. The van der Waals surface area contributed by atoms with Gasteiger partial charge >= 0.3 is 0 Å². The fourth-order valence-electron chi connectivity index (χ4n) is 3.45. The summed E-state index contributed by atoms with van der Waals surface area (Å²) in [5, 5.41) is 0. The van der Waals surface area contributed by atoms with Gasteiger partial charge in [-0.1, -0.05) is 24.3 Å². The van der Waals surface area contributed by atoms with Crippen LogP contribution in [0.2, 0.25) is 0 Å². The molecule has 1 atom stereocenters. The summed E-state index contributed by atoms with van der Waals surface area (Å²) in [7, 11) is 0. The number of alkyl halides is 2. The molecule has 2 aliphatic rings. The summed E-state index contributed by atoms with van der Waals surface area (Å²) >= 11 is 0. The first-order valence-corrected chi connectivity index (χ1v) is 7.71. The highest BCUT2D eigenvalue weighted by Gasteiger charge is 2.46. The van der Waals surface area contributed by atoms with E-state index in [2.05, 4.69) is 9.97 Å². The summed E-state index contributed by atoms with van der Waals surface area (Å²) in [6.45, 7) is 1.43. The van der Waals surface area contributed by atoms with Crippen LogP contribution in [0.3, 0.4) is 0 Å². The number of rotatable bonds is 2. The van der Waals surface area contributed by atoms with E-state index in [0.717, 1.165) is 23.5 Å². The summed E-state index contributed by atoms with van der Waals surface area (Å²) in [5.41, 5.74) is 1.30. The van der Waals surface area contributed by atoms with Gasteiger partial charge in [-0.25, -0.2) is 18.7 Å². The topological polar surface area (TPSA) is 55.3 Å². The van der Waals surface area contributed by atoms with Crippen LogP contribution in [0, 0.1) is 0 Å². The van der Waals surface area contributed by atoms with Gasteiger partial charge in [-0.05, 0) is 23.6 Å². The number of hydrogen-bond acceptors (Lipinski definition) is 4. The Morgan fingerprint density at radius 1 is 1.29 bits per heavy atom. The number of likely N-dealkylation sites (tertiary alicyclic amines) is 1. The Kier molecular flexibility index (Phi) is 3.53. The van der Waals surface area contributed by atoms with Gasteiger partial charge in [0.15, 0.2) is 0 Å². The molecule has 24 heavy (non-hydrogen) atoms. The van der Waals surface area contributed by atoms with Crippen LogP contribution in [0.25, 0.3) is 0 Å². The Hall–Kier alpha value is -2.41. The van der Waals surface area contributed by atoms with Gasteiger partial charge in [0.2, 0.25) is 0 Å². The van der Waals surface area contributed by atoms with E-state index in [1.54, 1.807) is 4.90 Å². The van der Waals surface area contributed by atoms with Crippen molar-refractivity contribution in [2.45, 2.75) is 25.1 Å². The molecule has 1 aromatic heterocycles. The number of nitrogens with zero attached hydrogens (tertiary/aromatic N) is 3. The van der Waals surface area contributed by atoms with E-state index in [4.69, 9.17) is 4.74 Å². The molecule has 0 N–H and O–H groups in total. The van der Waals surface area contributed by atoms with Crippen LogP contribution in [0.1, 0.15) is 40.2 Å². The van der Waals surface area contributed by atoms with Gasteiger partial charge in [0.25, 0.3) is 12.3 Å². The van der Waals surface area contributed by atoms with Crippen LogP contribution < -0.4 is 0 Å². The summed E-state index contributed by atoms with van der Waals surface area (Å²) in [4.78, 5) is 21.6. The molecule has 4 rings (SSSR count). The van der Waals surface area contributed by atoms with Crippen LogP contribution in [-0.4, -0.2) is 33.9 Å².